The number of carbonyl (C=O) groups is 2. The van der Waals surface area contributed by atoms with E-state index in [4.69, 9.17) is 14.6 Å². The van der Waals surface area contributed by atoms with E-state index in [2.05, 4.69) is 52.0 Å². The number of carboxylic acids is 1. The number of ether oxygens (including phenoxy) is 1. The average molecular weight is 525 g/mol. The van der Waals surface area contributed by atoms with Gasteiger partial charge in [0.1, 0.15) is 11.4 Å². The van der Waals surface area contributed by atoms with Crippen LogP contribution in [0, 0.1) is 0 Å². The smallest absolute Gasteiger partial charge is 0.487 e. The highest BCUT2D eigenvalue weighted by atomic mass is 32.1. The van der Waals surface area contributed by atoms with E-state index in [1.54, 1.807) is 0 Å². The summed E-state index contributed by atoms with van der Waals surface area (Å²) in [5, 5.41) is 12.5. The Morgan fingerprint density at radius 1 is 1.14 bits per heavy atom. The van der Waals surface area contributed by atoms with Crippen molar-refractivity contribution in [1.82, 2.24) is 10.2 Å². The van der Waals surface area contributed by atoms with Gasteiger partial charge in [-0.3, -0.25) is 9.69 Å². The van der Waals surface area contributed by atoms with Gasteiger partial charge in [-0.1, -0.05) is 24.3 Å². The number of hydrogen-bond acceptors (Lipinski definition) is 5. The van der Waals surface area contributed by atoms with Crippen molar-refractivity contribution in [3.8, 4) is 5.75 Å². The van der Waals surface area contributed by atoms with Gasteiger partial charge in [-0.25, -0.2) is 4.79 Å². The minimum absolute atomic E-state index is 0.123. The molecule has 2 aromatic rings. The number of para-hydroxylation sites is 1. The number of rotatable bonds is 5. The zero-order valence-corrected chi connectivity index (χ0v) is 20.7. The molecule has 1 aromatic carbocycles. The summed E-state index contributed by atoms with van der Waals surface area (Å²) < 4.78 is 38.3. The highest BCUT2D eigenvalue weighted by Crippen LogP contribution is 2.46. The van der Waals surface area contributed by atoms with Crippen LogP contribution in [-0.4, -0.2) is 52.8 Å². The zero-order chi connectivity index (χ0) is 25.8. The van der Waals surface area contributed by atoms with Crippen LogP contribution < -0.4 is 10.1 Å². The highest BCUT2D eigenvalue weighted by molar-refractivity contribution is 7.09. The fourth-order valence-electron chi connectivity index (χ4n) is 5.04. The number of benzene rings is 1. The Balaban J connectivity index is 0.000000384. The van der Waals surface area contributed by atoms with Crippen molar-refractivity contribution in [3.05, 3.63) is 52.2 Å². The number of carboxylic acid groups (broad SMARTS) is 1. The number of alkyl halides is 3. The molecule has 3 heterocycles. The van der Waals surface area contributed by atoms with Gasteiger partial charge in [0.2, 0.25) is 5.91 Å². The van der Waals surface area contributed by atoms with E-state index in [-0.39, 0.29) is 17.4 Å². The van der Waals surface area contributed by atoms with Crippen molar-refractivity contribution < 1.29 is 32.6 Å². The van der Waals surface area contributed by atoms with E-state index in [1.165, 1.54) is 16.9 Å². The molecular weight excluding hydrogens is 493 g/mol. The molecule has 1 amide bonds. The summed E-state index contributed by atoms with van der Waals surface area (Å²) in [6.07, 6.45) is 2.05. The van der Waals surface area contributed by atoms with E-state index in [0.29, 0.717) is 12.5 Å². The molecule has 10 heteroatoms. The first-order valence-electron chi connectivity index (χ1n) is 12.3. The molecular formula is C26H31F3N2O4S. The minimum atomic E-state index is -5.08. The Labute approximate surface area is 212 Å². The molecule has 1 saturated heterocycles. The molecule has 1 spiro atoms. The monoisotopic (exact) mass is 524 g/mol. The molecule has 6 nitrogen and oxygen atoms in total. The maximum absolute atomic E-state index is 12.7. The number of aliphatic carboxylic acids is 1. The molecule has 1 saturated carbocycles. The number of piperidine rings is 1. The maximum atomic E-state index is 12.7. The molecule has 0 bridgehead atoms. The van der Waals surface area contributed by atoms with Crippen LogP contribution in [0.2, 0.25) is 0 Å². The van der Waals surface area contributed by atoms with Crippen LogP contribution in [0.25, 0.3) is 0 Å². The lowest BCUT2D eigenvalue weighted by Crippen LogP contribution is -2.50. The van der Waals surface area contributed by atoms with Crippen molar-refractivity contribution in [3.63, 3.8) is 0 Å². The van der Waals surface area contributed by atoms with Crippen molar-refractivity contribution >= 4 is 23.2 Å². The average Bonchev–Trinajstić information content (AvgIpc) is 3.31. The molecule has 1 unspecified atom stereocenters. The number of thiophene rings is 1. The van der Waals surface area contributed by atoms with E-state index >= 15 is 0 Å². The van der Waals surface area contributed by atoms with Crippen LogP contribution in [0.15, 0.2) is 41.8 Å². The summed E-state index contributed by atoms with van der Waals surface area (Å²) >= 11 is 1.84. The van der Waals surface area contributed by atoms with Crippen LogP contribution in [-0.2, 0) is 16.1 Å². The van der Waals surface area contributed by atoms with Gasteiger partial charge in [-0.2, -0.15) is 13.2 Å². The predicted molar refractivity (Wildman–Crippen MR) is 130 cm³/mol. The lowest BCUT2D eigenvalue weighted by molar-refractivity contribution is -0.192. The summed E-state index contributed by atoms with van der Waals surface area (Å²) in [5.41, 5.74) is 1.09. The van der Waals surface area contributed by atoms with Gasteiger partial charge in [0.15, 0.2) is 0 Å². The molecule has 3 aliphatic rings. The second-order valence-electron chi connectivity index (χ2n) is 9.78. The third kappa shape index (κ3) is 6.79. The predicted octanol–water partition coefficient (Wildman–Crippen LogP) is 5.34. The normalized spacial score (nSPS) is 21.4. The molecule has 36 heavy (non-hydrogen) atoms. The summed E-state index contributed by atoms with van der Waals surface area (Å²) in [6.45, 7) is 3.15. The molecule has 5 rings (SSSR count). The molecule has 2 aliphatic heterocycles. The van der Waals surface area contributed by atoms with Crippen LogP contribution in [0.4, 0.5) is 13.2 Å². The lowest BCUT2D eigenvalue weighted by Gasteiger charge is -2.47. The fraction of sp³-hybridized carbons (Fsp3) is 0.538. The van der Waals surface area contributed by atoms with Crippen LogP contribution in [0.1, 0.15) is 61.3 Å². The Bertz CT molecular complexity index is 1030. The topological polar surface area (TPSA) is 78.9 Å². The number of likely N-dealkylation sites (tertiary alicyclic amines) is 1. The largest absolute Gasteiger partial charge is 0.490 e. The maximum Gasteiger partial charge on any atom is 0.490 e. The third-order valence-electron chi connectivity index (χ3n) is 7.18. The summed E-state index contributed by atoms with van der Waals surface area (Å²) in [5.74, 6) is -1.30. The van der Waals surface area contributed by atoms with Gasteiger partial charge in [0.25, 0.3) is 0 Å². The number of amides is 1. The first-order chi connectivity index (χ1) is 17.1. The third-order valence-corrected chi connectivity index (χ3v) is 8.04. The van der Waals surface area contributed by atoms with Crippen LogP contribution in [0.5, 0.6) is 5.75 Å². The molecule has 2 fully saturated rings. The first kappa shape index (κ1) is 26.5. The standard InChI is InChI=1S/C24H30N2O2S.C2HF3O2/c27-23(25-19-5-3-6-19)15-18-16-24(28-22-9-2-1-8-21(18)22)10-12-26(13-11-24)17-20-7-4-14-29-20;3-2(4,5)1(6)7/h1-2,4,7-9,14,18-19H,3,5-6,10-13,15-17H2,(H,25,27);(H,6,7). The molecule has 1 aromatic heterocycles. The molecule has 2 N–H and O–H groups in total. The zero-order valence-electron chi connectivity index (χ0n) is 19.9. The van der Waals surface area contributed by atoms with Crippen molar-refractivity contribution in [2.24, 2.45) is 0 Å². The minimum Gasteiger partial charge on any atom is -0.487 e. The van der Waals surface area contributed by atoms with Gasteiger partial charge >= 0.3 is 12.1 Å². The van der Waals surface area contributed by atoms with Crippen LogP contribution >= 0.6 is 11.3 Å². The molecule has 196 valence electrons. The quantitative estimate of drug-likeness (QED) is 0.552. The van der Waals surface area contributed by atoms with E-state index in [0.717, 1.165) is 57.5 Å². The Morgan fingerprint density at radius 2 is 1.83 bits per heavy atom. The van der Waals surface area contributed by atoms with Crippen molar-refractivity contribution in [2.75, 3.05) is 13.1 Å². The van der Waals surface area contributed by atoms with Crippen molar-refractivity contribution in [1.29, 1.82) is 0 Å². The SMILES string of the molecule is O=C(CC1CC2(CCN(Cc3cccs3)CC2)Oc2ccccc21)NC1CCC1.O=C(O)C(F)(F)F. The van der Waals surface area contributed by atoms with Crippen molar-refractivity contribution in [2.45, 2.75) is 75.2 Å². The molecule has 1 atom stereocenters. The fourth-order valence-corrected chi connectivity index (χ4v) is 5.78. The Morgan fingerprint density at radius 3 is 2.42 bits per heavy atom. The van der Waals surface area contributed by atoms with Crippen LogP contribution in [0.3, 0.4) is 0 Å². The van der Waals surface area contributed by atoms with Gasteiger partial charge in [-0.15, -0.1) is 11.3 Å². The van der Waals surface area contributed by atoms with Gasteiger partial charge in [-0.05, 0) is 61.6 Å². The number of nitrogens with zero attached hydrogens (tertiary/aromatic N) is 1. The van der Waals surface area contributed by atoms with E-state index < -0.39 is 12.1 Å². The number of carbonyl (C=O) groups excluding carboxylic acids is 1. The van der Waals surface area contributed by atoms with Gasteiger partial charge in [0.05, 0.1) is 0 Å². The Kier molecular flexibility index (Phi) is 8.24. The number of nitrogens with one attached hydrogen (secondary N) is 1. The van der Waals surface area contributed by atoms with Gasteiger partial charge < -0.3 is 15.2 Å². The van der Waals surface area contributed by atoms with Gasteiger partial charge in [0, 0.05) is 42.9 Å². The molecule has 1 aliphatic carbocycles. The number of halogens is 3. The highest BCUT2D eigenvalue weighted by Gasteiger charge is 2.43. The Hall–Kier alpha value is -2.59. The van der Waals surface area contributed by atoms with E-state index in [9.17, 15) is 18.0 Å². The first-order valence-corrected chi connectivity index (χ1v) is 13.1. The number of hydrogen-bond donors (Lipinski definition) is 2. The second-order valence-corrected chi connectivity index (χ2v) is 10.8. The summed E-state index contributed by atoms with van der Waals surface area (Å²) in [6, 6.07) is 13.1. The second kappa shape index (κ2) is 11.2. The summed E-state index contributed by atoms with van der Waals surface area (Å²) in [7, 11) is 0. The summed E-state index contributed by atoms with van der Waals surface area (Å²) in [4.78, 5) is 25.5. The lowest BCUT2D eigenvalue weighted by atomic mass is 9.76. The van der Waals surface area contributed by atoms with E-state index in [1.807, 2.05) is 11.3 Å². The molecule has 0 radical (unpaired) electrons. The number of fused-ring (bicyclic) bond motifs is 1.